The van der Waals surface area contributed by atoms with Crippen LogP contribution in [0.1, 0.15) is 18.2 Å². The molecule has 128 valence electrons. The van der Waals surface area contributed by atoms with E-state index in [0.29, 0.717) is 0 Å². The Labute approximate surface area is 152 Å². The van der Waals surface area contributed by atoms with Gasteiger partial charge in [-0.1, -0.05) is 36.4 Å². The molecule has 1 unspecified atom stereocenters. The third-order valence-corrected chi connectivity index (χ3v) is 5.12. The van der Waals surface area contributed by atoms with Gasteiger partial charge in [-0.25, -0.2) is 4.68 Å². The highest BCUT2D eigenvalue weighted by molar-refractivity contribution is 7.99. The summed E-state index contributed by atoms with van der Waals surface area (Å²) >= 11 is 1.63. The Hall–Kier alpha value is -2.53. The molecule has 1 aromatic heterocycles. The quantitative estimate of drug-likeness (QED) is 0.714. The Bertz CT molecular complexity index is 845. The highest BCUT2D eigenvalue weighted by atomic mass is 32.2. The van der Waals surface area contributed by atoms with Crippen molar-refractivity contribution in [1.82, 2.24) is 9.78 Å². The lowest BCUT2D eigenvalue weighted by Crippen LogP contribution is -2.22. The summed E-state index contributed by atoms with van der Waals surface area (Å²) in [7, 11) is 0. The number of thioether (sulfide) groups is 1. The van der Waals surface area contributed by atoms with Gasteiger partial charge < -0.3 is 5.32 Å². The fourth-order valence-corrected chi connectivity index (χ4v) is 3.32. The number of benzene rings is 2. The molecular formula is C20H21N3OS. The summed E-state index contributed by atoms with van der Waals surface area (Å²) < 4.78 is 1.85. The smallest absolute Gasteiger partial charge is 0.237 e. The van der Waals surface area contributed by atoms with Crippen molar-refractivity contribution in [2.75, 3.05) is 5.32 Å². The molecule has 3 aromatic rings. The van der Waals surface area contributed by atoms with E-state index in [0.717, 1.165) is 22.8 Å². The SMILES string of the molecule is Cc1ccnn1-c1cccc(NC(=O)C(C)SCc2ccccc2)c1. The predicted molar refractivity (Wildman–Crippen MR) is 104 cm³/mol. The van der Waals surface area contributed by atoms with E-state index in [-0.39, 0.29) is 11.2 Å². The van der Waals surface area contributed by atoms with Crippen molar-refractivity contribution < 1.29 is 4.79 Å². The summed E-state index contributed by atoms with van der Waals surface area (Å²) in [6.07, 6.45) is 1.77. The van der Waals surface area contributed by atoms with Crippen LogP contribution in [0.4, 0.5) is 5.69 Å². The summed E-state index contributed by atoms with van der Waals surface area (Å²) in [4.78, 5) is 12.4. The van der Waals surface area contributed by atoms with Gasteiger partial charge in [-0.3, -0.25) is 4.79 Å². The minimum Gasteiger partial charge on any atom is -0.325 e. The maximum Gasteiger partial charge on any atom is 0.237 e. The molecule has 0 aliphatic heterocycles. The standard InChI is InChI=1S/C20H21N3OS/c1-15-11-12-21-23(15)19-10-6-9-18(13-19)22-20(24)16(2)25-14-17-7-4-3-5-8-17/h3-13,16H,14H2,1-2H3,(H,22,24). The molecule has 1 amide bonds. The fourth-order valence-electron chi connectivity index (χ4n) is 2.47. The number of aromatic nitrogens is 2. The lowest BCUT2D eigenvalue weighted by atomic mass is 10.2. The number of rotatable bonds is 6. The van der Waals surface area contributed by atoms with Crippen LogP contribution in [0.15, 0.2) is 66.9 Å². The van der Waals surface area contributed by atoms with Crippen LogP contribution < -0.4 is 5.32 Å². The van der Waals surface area contributed by atoms with Gasteiger partial charge in [0.2, 0.25) is 5.91 Å². The lowest BCUT2D eigenvalue weighted by molar-refractivity contribution is -0.115. The predicted octanol–water partition coefficient (Wildman–Crippen LogP) is 4.44. The lowest BCUT2D eigenvalue weighted by Gasteiger charge is -2.13. The average Bonchev–Trinajstić information content (AvgIpc) is 3.06. The molecule has 0 saturated heterocycles. The van der Waals surface area contributed by atoms with Crippen molar-refractivity contribution in [1.29, 1.82) is 0 Å². The Morgan fingerprint density at radius 3 is 2.68 bits per heavy atom. The maximum absolute atomic E-state index is 12.4. The van der Waals surface area contributed by atoms with Gasteiger partial charge in [-0.15, -0.1) is 11.8 Å². The van der Waals surface area contributed by atoms with Crippen molar-refractivity contribution in [3.05, 3.63) is 78.1 Å². The summed E-state index contributed by atoms with van der Waals surface area (Å²) in [5, 5.41) is 7.17. The molecule has 25 heavy (non-hydrogen) atoms. The first-order valence-corrected chi connectivity index (χ1v) is 9.26. The number of carbonyl (C=O) groups excluding carboxylic acids is 1. The van der Waals surface area contributed by atoms with Crippen molar-refractivity contribution >= 4 is 23.4 Å². The molecule has 5 heteroatoms. The molecule has 1 atom stereocenters. The van der Waals surface area contributed by atoms with Gasteiger partial charge in [0, 0.05) is 23.3 Å². The molecule has 0 spiro atoms. The van der Waals surface area contributed by atoms with E-state index < -0.39 is 0 Å². The average molecular weight is 351 g/mol. The first kappa shape index (κ1) is 17.3. The summed E-state index contributed by atoms with van der Waals surface area (Å²) in [6.45, 7) is 3.94. The van der Waals surface area contributed by atoms with Crippen molar-refractivity contribution in [3.63, 3.8) is 0 Å². The highest BCUT2D eigenvalue weighted by Crippen LogP contribution is 2.20. The Morgan fingerprint density at radius 1 is 1.16 bits per heavy atom. The van der Waals surface area contributed by atoms with E-state index in [4.69, 9.17) is 0 Å². The van der Waals surface area contributed by atoms with E-state index in [2.05, 4.69) is 22.5 Å². The number of anilines is 1. The normalized spacial score (nSPS) is 11.9. The van der Waals surface area contributed by atoms with E-state index in [1.165, 1.54) is 5.56 Å². The van der Waals surface area contributed by atoms with Gasteiger partial charge in [0.15, 0.2) is 0 Å². The van der Waals surface area contributed by atoms with E-state index in [1.807, 2.05) is 67.1 Å². The van der Waals surface area contributed by atoms with Crippen molar-refractivity contribution in [2.45, 2.75) is 24.9 Å². The molecular weight excluding hydrogens is 330 g/mol. The highest BCUT2D eigenvalue weighted by Gasteiger charge is 2.14. The number of carbonyl (C=O) groups is 1. The number of amides is 1. The first-order valence-electron chi connectivity index (χ1n) is 8.21. The second-order valence-corrected chi connectivity index (χ2v) is 7.19. The minimum atomic E-state index is -0.129. The second kappa shape index (κ2) is 8.03. The number of hydrogen-bond donors (Lipinski definition) is 1. The molecule has 0 radical (unpaired) electrons. The first-order chi connectivity index (χ1) is 12.1. The molecule has 0 aliphatic carbocycles. The zero-order chi connectivity index (χ0) is 17.6. The molecule has 2 aromatic carbocycles. The van der Waals surface area contributed by atoms with Crippen LogP contribution in [0, 0.1) is 6.92 Å². The molecule has 1 N–H and O–H groups in total. The van der Waals surface area contributed by atoms with Crippen LogP contribution >= 0.6 is 11.8 Å². The van der Waals surface area contributed by atoms with Crippen LogP contribution in [0.5, 0.6) is 0 Å². The van der Waals surface area contributed by atoms with E-state index in [1.54, 1.807) is 18.0 Å². The molecule has 3 rings (SSSR count). The molecule has 0 fully saturated rings. The third kappa shape index (κ3) is 4.51. The van der Waals surface area contributed by atoms with Gasteiger partial charge in [-0.05, 0) is 43.7 Å². The van der Waals surface area contributed by atoms with Gasteiger partial charge in [0.25, 0.3) is 0 Å². The zero-order valence-electron chi connectivity index (χ0n) is 14.3. The monoisotopic (exact) mass is 351 g/mol. The summed E-state index contributed by atoms with van der Waals surface area (Å²) in [5.74, 6) is 0.831. The molecule has 0 aliphatic rings. The topological polar surface area (TPSA) is 46.9 Å². The number of nitrogens with zero attached hydrogens (tertiary/aromatic N) is 2. The Morgan fingerprint density at radius 2 is 1.96 bits per heavy atom. The third-order valence-electron chi connectivity index (χ3n) is 3.90. The Kier molecular flexibility index (Phi) is 5.56. The van der Waals surface area contributed by atoms with Crippen LogP contribution in [0.25, 0.3) is 5.69 Å². The van der Waals surface area contributed by atoms with Crippen LogP contribution in [0.2, 0.25) is 0 Å². The fraction of sp³-hybridized carbons (Fsp3) is 0.200. The van der Waals surface area contributed by atoms with Gasteiger partial charge >= 0.3 is 0 Å². The largest absolute Gasteiger partial charge is 0.325 e. The van der Waals surface area contributed by atoms with Crippen LogP contribution in [-0.4, -0.2) is 20.9 Å². The molecule has 0 saturated carbocycles. The molecule has 0 bridgehead atoms. The maximum atomic E-state index is 12.4. The van der Waals surface area contributed by atoms with Crippen LogP contribution in [0.3, 0.4) is 0 Å². The summed E-state index contributed by atoms with van der Waals surface area (Å²) in [5.41, 5.74) is 3.99. The van der Waals surface area contributed by atoms with Gasteiger partial charge in [0.05, 0.1) is 10.9 Å². The number of aryl methyl sites for hydroxylation is 1. The molecule has 4 nitrogen and oxygen atoms in total. The Balaban J connectivity index is 1.62. The number of nitrogens with one attached hydrogen (secondary N) is 1. The van der Waals surface area contributed by atoms with Gasteiger partial charge in [-0.2, -0.15) is 5.10 Å². The van der Waals surface area contributed by atoms with Crippen molar-refractivity contribution in [3.8, 4) is 5.69 Å². The van der Waals surface area contributed by atoms with Gasteiger partial charge in [0.1, 0.15) is 0 Å². The summed E-state index contributed by atoms with van der Waals surface area (Å²) in [6, 6.07) is 19.9. The number of hydrogen-bond acceptors (Lipinski definition) is 3. The van der Waals surface area contributed by atoms with Crippen LogP contribution in [-0.2, 0) is 10.5 Å². The zero-order valence-corrected chi connectivity index (χ0v) is 15.2. The van der Waals surface area contributed by atoms with E-state index >= 15 is 0 Å². The minimum absolute atomic E-state index is 0.00951. The van der Waals surface area contributed by atoms with Crippen molar-refractivity contribution in [2.24, 2.45) is 0 Å². The molecule has 1 heterocycles. The van der Waals surface area contributed by atoms with E-state index in [9.17, 15) is 4.79 Å². The second-order valence-electron chi connectivity index (χ2n) is 5.86.